The minimum absolute atomic E-state index is 0.0163. The van der Waals surface area contributed by atoms with E-state index < -0.39 is 35.6 Å². The fraction of sp³-hybridized carbons (Fsp3) is 0.348. The lowest BCUT2D eigenvalue weighted by atomic mass is 10.1. The molecule has 11 nitrogen and oxygen atoms in total. The SMILES string of the molecule is COc1c#cc(F)cc1[C@H](O)Cn1cc(/C(C)=N/OC(C)C)c(=O)n(N(C)C(=O)c2cncs2)c1=O. The van der Waals surface area contributed by atoms with E-state index in [1.807, 2.05) is 0 Å². The number of hydrogen-bond acceptors (Lipinski definition) is 9. The Hall–Kier alpha value is -4.02. The molecule has 0 bridgehead atoms. The van der Waals surface area contributed by atoms with Crippen molar-refractivity contribution in [1.29, 1.82) is 0 Å². The van der Waals surface area contributed by atoms with Crippen molar-refractivity contribution in [1.82, 2.24) is 14.2 Å². The molecule has 13 heteroatoms. The van der Waals surface area contributed by atoms with Crippen LogP contribution in [0, 0.1) is 17.9 Å². The Balaban J connectivity index is 2.15. The summed E-state index contributed by atoms with van der Waals surface area (Å²) in [5.74, 6) is -1.40. The zero-order chi connectivity index (χ0) is 26.6. The van der Waals surface area contributed by atoms with E-state index in [-0.39, 0.29) is 33.6 Å². The highest BCUT2D eigenvalue weighted by atomic mass is 32.1. The number of ether oxygens (including phenoxy) is 1. The van der Waals surface area contributed by atoms with E-state index >= 15 is 0 Å². The Bertz CT molecular complexity index is 1380. The van der Waals surface area contributed by atoms with Gasteiger partial charge in [-0.25, -0.2) is 9.80 Å². The van der Waals surface area contributed by atoms with Crippen molar-refractivity contribution in [3.8, 4) is 5.75 Å². The van der Waals surface area contributed by atoms with Crippen LogP contribution in [0.25, 0.3) is 0 Å². The van der Waals surface area contributed by atoms with Crippen molar-refractivity contribution in [2.24, 2.45) is 5.16 Å². The zero-order valence-corrected chi connectivity index (χ0v) is 21.0. The molecule has 2 aromatic heterocycles. The third-order valence-corrected chi connectivity index (χ3v) is 5.70. The Kier molecular flexibility index (Phi) is 8.23. The van der Waals surface area contributed by atoms with Gasteiger partial charge < -0.3 is 14.7 Å². The predicted octanol–water partition coefficient (Wildman–Crippen LogP) is 1.51. The summed E-state index contributed by atoms with van der Waals surface area (Å²) in [4.78, 5) is 48.8. The van der Waals surface area contributed by atoms with Crippen LogP contribution in [0.2, 0.25) is 0 Å². The number of oxime groups is 1. The van der Waals surface area contributed by atoms with Crippen LogP contribution < -0.4 is 21.0 Å². The number of aliphatic hydroxyl groups excluding tert-OH is 1. The second kappa shape index (κ2) is 11.1. The van der Waals surface area contributed by atoms with Crippen molar-refractivity contribution in [3.05, 3.63) is 78.8 Å². The molecule has 0 aliphatic carbocycles. The van der Waals surface area contributed by atoms with Gasteiger partial charge in [0.25, 0.3) is 11.5 Å². The summed E-state index contributed by atoms with van der Waals surface area (Å²) in [5.41, 5.74) is -0.219. The summed E-state index contributed by atoms with van der Waals surface area (Å²) in [6, 6.07) is 5.66. The van der Waals surface area contributed by atoms with Gasteiger partial charge in [0, 0.05) is 18.8 Å². The van der Waals surface area contributed by atoms with Crippen molar-refractivity contribution in [2.75, 3.05) is 19.2 Å². The molecule has 0 aliphatic heterocycles. The van der Waals surface area contributed by atoms with E-state index in [9.17, 15) is 23.9 Å². The molecular weight excluding hydrogens is 493 g/mol. The molecule has 1 amide bonds. The van der Waals surface area contributed by atoms with Gasteiger partial charge in [0.05, 0.1) is 36.6 Å². The summed E-state index contributed by atoms with van der Waals surface area (Å²) in [6.07, 6.45) is 0.787. The average molecular weight is 518 g/mol. The van der Waals surface area contributed by atoms with Crippen LogP contribution in [0.3, 0.4) is 0 Å². The van der Waals surface area contributed by atoms with Crippen molar-refractivity contribution in [2.45, 2.75) is 39.5 Å². The third kappa shape index (κ3) is 5.61. The Labute approximate surface area is 209 Å². The molecule has 0 unspecified atom stereocenters. The number of thiazole rings is 1. The molecule has 36 heavy (non-hydrogen) atoms. The van der Waals surface area contributed by atoms with E-state index in [2.05, 4.69) is 22.3 Å². The van der Waals surface area contributed by atoms with Crippen LogP contribution in [0.1, 0.15) is 47.7 Å². The third-order valence-electron chi connectivity index (χ3n) is 4.93. The number of aliphatic hydroxyl groups is 1. The monoisotopic (exact) mass is 517 g/mol. The van der Waals surface area contributed by atoms with E-state index in [0.29, 0.717) is 4.68 Å². The standard InChI is InChI=1S/C23H24FN5O6S/c1-13(2)35-26-14(3)17-10-28(11-18(30)16-8-15(24)6-7-19(16)34-5)23(33)29(21(17)31)27(4)22(32)20-9-25-12-36-20/h8-10,12-13,18,30H,11H2,1-5H3/b26-14+/t18-/m1/s1. The van der Waals surface area contributed by atoms with Gasteiger partial charge in [-0.15, -0.1) is 11.3 Å². The molecule has 0 fully saturated rings. The lowest BCUT2D eigenvalue weighted by Gasteiger charge is -2.22. The normalized spacial score (nSPS) is 12.3. The summed E-state index contributed by atoms with van der Waals surface area (Å²) in [7, 11) is 2.57. The average Bonchev–Trinajstić information content (AvgIpc) is 3.38. The minimum Gasteiger partial charge on any atom is -0.488 e. The number of hydrogen-bond donors (Lipinski definition) is 1. The molecule has 0 spiro atoms. The van der Waals surface area contributed by atoms with Crippen molar-refractivity contribution in [3.63, 3.8) is 0 Å². The van der Waals surface area contributed by atoms with Gasteiger partial charge in [0.1, 0.15) is 17.1 Å². The number of amides is 1. The second-order valence-electron chi connectivity index (χ2n) is 7.87. The number of nitrogens with zero attached hydrogens (tertiary/aromatic N) is 5. The van der Waals surface area contributed by atoms with E-state index in [1.165, 1.54) is 39.0 Å². The van der Waals surface area contributed by atoms with Gasteiger partial charge in [-0.1, -0.05) is 5.16 Å². The fourth-order valence-electron chi connectivity index (χ4n) is 3.17. The molecule has 0 aliphatic rings. The molecule has 0 saturated carbocycles. The van der Waals surface area contributed by atoms with Crippen LogP contribution in [0.5, 0.6) is 5.75 Å². The van der Waals surface area contributed by atoms with Crippen LogP contribution in [-0.2, 0) is 11.4 Å². The largest absolute Gasteiger partial charge is 0.488 e. The minimum atomic E-state index is -1.44. The summed E-state index contributed by atoms with van der Waals surface area (Å²) < 4.78 is 20.5. The van der Waals surface area contributed by atoms with Gasteiger partial charge in [0.15, 0.2) is 11.6 Å². The maximum atomic E-state index is 13.8. The maximum absolute atomic E-state index is 13.8. The number of carbonyl (C=O) groups is 1. The van der Waals surface area contributed by atoms with E-state index in [1.54, 1.807) is 13.8 Å². The summed E-state index contributed by atoms with van der Waals surface area (Å²) in [5, 5.41) is 15.6. The highest BCUT2D eigenvalue weighted by Crippen LogP contribution is 2.24. The number of carbonyl (C=O) groups excluding carboxylic acids is 1. The molecule has 2 heterocycles. The molecule has 3 rings (SSSR count). The maximum Gasteiger partial charge on any atom is 0.350 e. The first-order valence-electron chi connectivity index (χ1n) is 10.6. The number of methoxy groups -OCH3 is 1. The van der Waals surface area contributed by atoms with E-state index in [4.69, 9.17) is 9.57 Å². The quantitative estimate of drug-likeness (QED) is 0.337. The van der Waals surface area contributed by atoms with Crippen LogP contribution in [0.4, 0.5) is 4.39 Å². The first-order chi connectivity index (χ1) is 17.0. The summed E-state index contributed by atoms with van der Waals surface area (Å²) in [6.45, 7) is 4.57. The van der Waals surface area contributed by atoms with Gasteiger partial charge in [-0.05, 0) is 39.0 Å². The first kappa shape index (κ1) is 26.6. The molecule has 1 atom stereocenters. The van der Waals surface area contributed by atoms with Crippen LogP contribution in [-0.4, -0.2) is 51.2 Å². The van der Waals surface area contributed by atoms with Crippen molar-refractivity contribution < 1.29 is 23.9 Å². The molecular formula is C23H24FN5O6S. The van der Waals surface area contributed by atoms with Crippen molar-refractivity contribution >= 4 is 23.0 Å². The molecule has 1 aromatic carbocycles. The Morgan fingerprint density at radius 2 is 2.08 bits per heavy atom. The van der Waals surface area contributed by atoms with E-state index in [0.717, 1.165) is 27.0 Å². The number of aromatic nitrogens is 3. The van der Waals surface area contributed by atoms with Crippen LogP contribution >= 0.6 is 11.3 Å². The zero-order valence-electron chi connectivity index (χ0n) is 20.2. The van der Waals surface area contributed by atoms with Gasteiger partial charge in [0.2, 0.25) is 0 Å². The van der Waals surface area contributed by atoms with Crippen LogP contribution in [0.15, 0.2) is 38.7 Å². The smallest absolute Gasteiger partial charge is 0.350 e. The Morgan fingerprint density at radius 3 is 2.69 bits per heavy atom. The Morgan fingerprint density at radius 1 is 1.36 bits per heavy atom. The lowest BCUT2D eigenvalue weighted by molar-refractivity contribution is 0.0859. The predicted molar refractivity (Wildman–Crippen MR) is 130 cm³/mol. The molecule has 190 valence electrons. The van der Waals surface area contributed by atoms with Gasteiger partial charge in [-0.3, -0.25) is 19.1 Å². The van der Waals surface area contributed by atoms with Gasteiger partial charge >= 0.3 is 5.69 Å². The molecule has 0 radical (unpaired) electrons. The second-order valence-corrected chi connectivity index (χ2v) is 8.75. The highest BCUT2D eigenvalue weighted by Gasteiger charge is 2.24. The molecule has 3 aromatic rings. The summed E-state index contributed by atoms with van der Waals surface area (Å²) >= 11 is 1.04. The number of halogens is 1. The lowest BCUT2D eigenvalue weighted by Crippen LogP contribution is -2.54. The fourth-order valence-corrected chi connectivity index (χ4v) is 3.76. The number of rotatable bonds is 9. The molecule has 1 N–H and O–H groups in total. The van der Waals surface area contributed by atoms with Gasteiger partial charge in [-0.2, -0.15) is 9.07 Å². The topological polar surface area (TPSA) is 128 Å². The highest BCUT2D eigenvalue weighted by molar-refractivity contribution is 7.11. The molecule has 0 saturated heterocycles. The first-order valence-corrected chi connectivity index (χ1v) is 11.5.